The van der Waals surface area contributed by atoms with Crippen molar-refractivity contribution < 1.29 is 4.39 Å². The van der Waals surface area contributed by atoms with Crippen molar-refractivity contribution in [2.75, 3.05) is 13.6 Å². The fourth-order valence-corrected chi connectivity index (χ4v) is 3.70. The second-order valence-electron chi connectivity index (χ2n) is 7.93. The van der Waals surface area contributed by atoms with Crippen molar-refractivity contribution in [2.45, 2.75) is 38.6 Å². The first-order valence-electron chi connectivity index (χ1n) is 10.2. The molecule has 2 heterocycles. The van der Waals surface area contributed by atoms with Crippen molar-refractivity contribution in [1.29, 1.82) is 0 Å². The number of hydrogen-bond acceptors (Lipinski definition) is 3. The standard InChI is InChI=1S/C23H27FN6.HI/c1-16-11-17(2)30(29-16)21-8-7-18(13-26-21)14-27-22(25-3)28-15-23(9-10-23)19-5-4-6-20(24)12-19;/h4-8,11-13H,9-10,14-15H2,1-3H3,(H2,25,27,28);1H. The highest BCUT2D eigenvalue weighted by molar-refractivity contribution is 14.0. The van der Waals surface area contributed by atoms with Gasteiger partial charge in [-0.25, -0.2) is 14.1 Å². The van der Waals surface area contributed by atoms with E-state index in [1.165, 1.54) is 6.07 Å². The van der Waals surface area contributed by atoms with E-state index < -0.39 is 0 Å². The van der Waals surface area contributed by atoms with Crippen LogP contribution in [0.5, 0.6) is 0 Å². The number of guanidine groups is 1. The van der Waals surface area contributed by atoms with Gasteiger partial charge in [0.1, 0.15) is 5.82 Å². The summed E-state index contributed by atoms with van der Waals surface area (Å²) in [5.74, 6) is 1.34. The van der Waals surface area contributed by atoms with Gasteiger partial charge in [-0.2, -0.15) is 5.10 Å². The zero-order valence-corrected chi connectivity index (χ0v) is 20.4. The number of aryl methyl sites for hydroxylation is 2. The molecule has 0 aliphatic heterocycles. The van der Waals surface area contributed by atoms with Crippen LogP contribution in [0.4, 0.5) is 4.39 Å². The number of nitrogens with one attached hydrogen (secondary N) is 2. The van der Waals surface area contributed by atoms with Crippen LogP contribution >= 0.6 is 24.0 Å². The van der Waals surface area contributed by atoms with Gasteiger partial charge in [0, 0.05) is 37.4 Å². The molecule has 0 amide bonds. The molecule has 2 aromatic heterocycles. The first-order chi connectivity index (χ1) is 14.5. The third-order valence-electron chi connectivity index (χ3n) is 5.60. The first kappa shape index (κ1) is 23.2. The average Bonchev–Trinajstić information content (AvgIpc) is 3.46. The molecule has 164 valence electrons. The summed E-state index contributed by atoms with van der Waals surface area (Å²) < 4.78 is 15.4. The largest absolute Gasteiger partial charge is 0.356 e. The monoisotopic (exact) mass is 534 g/mol. The van der Waals surface area contributed by atoms with Gasteiger partial charge in [0.15, 0.2) is 11.8 Å². The van der Waals surface area contributed by atoms with E-state index in [0.29, 0.717) is 6.54 Å². The van der Waals surface area contributed by atoms with Gasteiger partial charge in [0.05, 0.1) is 5.69 Å². The summed E-state index contributed by atoms with van der Waals surface area (Å²) in [6.45, 7) is 5.33. The van der Waals surface area contributed by atoms with Crippen molar-refractivity contribution in [2.24, 2.45) is 4.99 Å². The minimum Gasteiger partial charge on any atom is -0.356 e. The Balaban J connectivity index is 0.00000272. The molecule has 1 aromatic carbocycles. The highest BCUT2D eigenvalue weighted by atomic mass is 127. The maximum absolute atomic E-state index is 13.6. The van der Waals surface area contributed by atoms with Gasteiger partial charge in [-0.05, 0) is 62.1 Å². The fraction of sp³-hybridized carbons (Fsp3) is 0.348. The Morgan fingerprint density at radius 3 is 2.55 bits per heavy atom. The summed E-state index contributed by atoms with van der Waals surface area (Å²) in [5.41, 5.74) is 4.14. The molecule has 0 atom stereocenters. The molecule has 0 saturated heterocycles. The van der Waals surface area contributed by atoms with E-state index in [1.807, 2.05) is 49.0 Å². The van der Waals surface area contributed by atoms with Crippen LogP contribution in [-0.4, -0.2) is 34.3 Å². The maximum atomic E-state index is 13.6. The van der Waals surface area contributed by atoms with Crippen molar-refractivity contribution >= 4 is 29.9 Å². The number of benzene rings is 1. The van der Waals surface area contributed by atoms with E-state index >= 15 is 0 Å². The Hall–Kier alpha value is -2.49. The Morgan fingerprint density at radius 2 is 1.97 bits per heavy atom. The summed E-state index contributed by atoms with van der Waals surface area (Å²) in [6, 6.07) is 12.9. The molecule has 0 spiro atoms. The lowest BCUT2D eigenvalue weighted by atomic mass is 9.96. The fourth-order valence-electron chi connectivity index (χ4n) is 3.70. The number of aromatic nitrogens is 3. The van der Waals surface area contributed by atoms with Gasteiger partial charge < -0.3 is 10.6 Å². The Labute approximate surface area is 199 Å². The summed E-state index contributed by atoms with van der Waals surface area (Å²) in [5, 5.41) is 11.2. The Kier molecular flexibility index (Phi) is 7.30. The third kappa shape index (κ3) is 5.41. The van der Waals surface area contributed by atoms with Gasteiger partial charge in [0.25, 0.3) is 0 Å². The summed E-state index contributed by atoms with van der Waals surface area (Å²) in [6.07, 6.45) is 3.96. The number of rotatable bonds is 6. The number of hydrogen-bond donors (Lipinski definition) is 2. The predicted octanol–water partition coefficient (Wildman–Crippen LogP) is 4.04. The lowest BCUT2D eigenvalue weighted by molar-refractivity contribution is 0.607. The van der Waals surface area contributed by atoms with Crippen molar-refractivity contribution in [3.8, 4) is 5.82 Å². The number of pyridine rings is 1. The van der Waals surface area contributed by atoms with Crippen LogP contribution < -0.4 is 10.6 Å². The van der Waals surface area contributed by atoms with E-state index in [2.05, 4.69) is 25.7 Å². The van der Waals surface area contributed by atoms with E-state index in [1.54, 1.807) is 19.2 Å². The molecule has 1 fully saturated rings. The average molecular weight is 534 g/mol. The Bertz CT molecular complexity index is 1060. The SMILES string of the molecule is CN=C(NCc1ccc(-n2nc(C)cc2C)nc1)NCC1(c2cccc(F)c2)CC1.I. The van der Waals surface area contributed by atoms with Crippen molar-refractivity contribution in [1.82, 2.24) is 25.4 Å². The summed E-state index contributed by atoms with van der Waals surface area (Å²) in [7, 11) is 1.75. The van der Waals surface area contributed by atoms with Gasteiger partial charge in [0.2, 0.25) is 0 Å². The molecule has 1 saturated carbocycles. The summed E-state index contributed by atoms with van der Waals surface area (Å²) in [4.78, 5) is 8.85. The maximum Gasteiger partial charge on any atom is 0.191 e. The van der Waals surface area contributed by atoms with Gasteiger partial charge in [-0.1, -0.05) is 18.2 Å². The second-order valence-corrected chi connectivity index (χ2v) is 7.93. The number of aliphatic imine (C=N–C) groups is 1. The van der Waals surface area contributed by atoms with Crippen LogP contribution in [0.3, 0.4) is 0 Å². The Morgan fingerprint density at radius 1 is 1.16 bits per heavy atom. The first-order valence-corrected chi connectivity index (χ1v) is 10.2. The lowest BCUT2D eigenvalue weighted by Crippen LogP contribution is -2.40. The quantitative estimate of drug-likeness (QED) is 0.285. The molecule has 31 heavy (non-hydrogen) atoms. The molecule has 2 N–H and O–H groups in total. The summed E-state index contributed by atoms with van der Waals surface area (Å²) >= 11 is 0. The van der Waals surface area contributed by atoms with E-state index in [0.717, 1.165) is 53.7 Å². The van der Waals surface area contributed by atoms with Crippen LogP contribution in [-0.2, 0) is 12.0 Å². The molecule has 1 aliphatic carbocycles. The van der Waals surface area contributed by atoms with Crippen molar-refractivity contribution in [3.05, 3.63) is 77.0 Å². The number of halogens is 2. The van der Waals surface area contributed by atoms with Crippen LogP contribution in [0, 0.1) is 19.7 Å². The topological polar surface area (TPSA) is 67.1 Å². The molecular formula is C23H28FIN6. The van der Waals surface area contributed by atoms with Gasteiger partial charge in [-0.3, -0.25) is 4.99 Å². The minimum atomic E-state index is -0.183. The third-order valence-corrected chi connectivity index (χ3v) is 5.60. The molecule has 0 bridgehead atoms. The second kappa shape index (κ2) is 9.76. The van der Waals surface area contributed by atoms with Gasteiger partial charge >= 0.3 is 0 Å². The zero-order valence-electron chi connectivity index (χ0n) is 18.0. The molecule has 4 rings (SSSR count). The predicted molar refractivity (Wildman–Crippen MR) is 132 cm³/mol. The molecule has 8 heteroatoms. The smallest absolute Gasteiger partial charge is 0.191 e. The zero-order chi connectivity index (χ0) is 21.1. The number of nitrogens with zero attached hydrogens (tertiary/aromatic N) is 4. The normalized spacial score (nSPS) is 14.6. The molecule has 6 nitrogen and oxygen atoms in total. The van der Waals surface area contributed by atoms with Crippen LogP contribution in [0.1, 0.15) is 35.4 Å². The molecule has 1 aliphatic rings. The van der Waals surface area contributed by atoms with Crippen LogP contribution in [0.2, 0.25) is 0 Å². The van der Waals surface area contributed by atoms with E-state index in [9.17, 15) is 4.39 Å². The van der Waals surface area contributed by atoms with Crippen LogP contribution in [0.15, 0.2) is 53.7 Å². The van der Waals surface area contributed by atoms with E-state index in [-0.39, 0.29) is 35.2 Å². The molecular weight excluding hydrogens is 506 g/mol. The van der Waals surface area contributed by atoms with Gasteiger partial charge in [-0.15, -0.1) is 24.0 Å². The highest BCUT2D eigenvalue weighted by Gasteiger charge is 2.44. The highest BCUT2D eigenvalue weighted by Crippen LogP contribution is 2.47. The van der Waals surface area contributed by atoms with Crippen molar-refractivity contribution in [3.63, 3.8) is 0 Å². The van der Waals surface area contributed by atoms with Crippen LogP contribution in [0.25, 0.3) is 5.82 Å². The molecule has 3 aromatic rings. The van der Waals surface area contributed by atoms with E-state index in [4.69, 9.17) is 0 Å². The molecule has 0 unspecified atom stereocenters. The lowest BCUT2D eigenvalue weighted by Gasteiger charge is -2.19. The minimum absolute atomic E-state index is 0. The molecule has 0 radical (unpaired) electrons.